The highest BCUT2D eigenvalue weighted by atomic mass is 32.2. The molecule has 4 aromatic rings. The van der Waals surface area contributed by atoms with Crippen LogP contribution in [-0.2, 0) is 18.4 Å². The minimum Gasteiger partial charge on any atom is -0.486 e. The van der Waals surface area contributed by atoms with Crippen molar-refractivity contribution in [2.45, 2.75) is 37.6 Å². The number of carbonyl (C=O) groups excluding carboxylic acids is 1. The van der Waals surface area contributed by atoms with Gasteiger partial charge in [0.15, 0.2) is 5.82 Å². The summed E-state index contributed by atoms with van der Waals surface area (Å²) in [7, 11) is 1.90. The first kappa shape index (κ1) is 24.3. The van der Waals surface area contributed by atoms with E-state index in [2.05, 4.69) is 34.3 Å². The highest BCUT2D eigenvalue weighted by Crippen LogP contribution is 2.22. The Hall–Kier alpha value is -3.79. The van der Waals surface area contributed by atoms with Gasteiger partial charge in [0, 0.05) is 19.4 Å². The summed E-state index contributed by atoms with van der Waals surface area (Å²) >= 11 is 1.21. The number of nitrogens with zero attached hydrogens (tertiary/aromatic N) is 5. The summed E-state index contributed by atoms with van der Waals surface area (Å²) in [4.78, 5) is 17.2. The summed E-state index contributed by atoms with van der Waals surface area (Å²) in [5.74, 6) is 8.51. The lowest BCUT2D eigenvalue weighted by Crippen LogP contribution is -2.32. The fourth-order valence-corrected chi connectivity index (χ4v) is 4.22. The smallest absolute Gasteiger partial charge is 0.231 e. The topological polar surface area (TPSA) is 113 Å². The van der Waals surface area contributed by atoms with Crippen LogP contribution < -0.4 is 15.9 Å². The molecule has 35 heavy (non-hydrogen) atoms. The first-order chi connectivity index (χ1) is 16.9. The quantitative estimate of drug-likeness (QED) is 0.258. The molecule has 0 aliphatic rings. The summed E-state index contributed by atoms with van der Waals surface area (Å²) < 4.78 is 9.05. The van der Waals surface area contributed by atoms with E-state index in [4.69, 9.17) is 10.6 Å². The van der Waals surface area contributed by atoms with Crippen molar-refractivity contribution in [2.24, 2.45) is 7.05 Å². The van der Waals surface area contributed by atoms with Crippen molar-refractivity contribution in [3.63, 3.8) is 0 Å². The summed E-state index contributed by atoms with van der Waals surface area (Å²) in [5, 5.41) is 11.7. The maximum Gasteiger partial charge on any atom is 0.231 e. The number of aromatic nitrogens is 5. The first-order valence-corrected chi connectivity index (χ1v) is 12.3. The molecule has 10 heteroatoms. The van der Waals surface area contributed by atoms with E-state index in [9.17, 15) is 4.79 Å². The zero-order chi connectivity index (χ0) is 24.8. The third kappa shape index (κ3) is 6.02. The third-order valence-electron chi connectivity index (χ3n) is 5.54. The Morgan fingerprint density at radius 1 is 1.09 bits per heavy atom. The van der Waals surface area contributed by atoms with E-state index in [1.807, 2.05) is 72.4 Å². The summed E-state index contributed by atoms with van der Waals surface area (Å²) in [6.45, 7) is 4.46. The Labute approximate surface area is 208 Å². The van der Waals surface area contributed by atoms with Crippen LogP contribution in [0.4, 0.5) is 0 Å². The van der Waals surface area contributed by atoms with Crippen molar-refractivity contribution in [3.8, 4) is 5.75 Å². The van der Waals surface area contributed by atoms with Gasteiger partial charge in [-0.15, -0.1) is 10.2 Å². The minimum absolute atomic E-state index is 0.126. The maximum atomic E-state index is 12.8. The monoisotopic (exact) mass is 491 g/mol. The lowest BCUT2D eigenvalue weighted by Gasteiger charge is -2.19. The van der Waals surface area contributed by atoms with Crippen LogP contribution in [0.5, 0.6) is 5.75 Å². The molecule has 9 nitrogen and oxygen atoms in total. The number of hydrogen-bond acceptors (Lipinski definition) is 7. The van der Waals surface area contributed by atoms with E-state index in [1.54, 1.807) is 6.20 Å². The third-order valence-corrected chi connectivity index (χ3v) is 6.48. The standard InChI is InChI=1S/C25H29N7O2S/c1-17(2)18-9-11-20(12-10-18)34-15-21-29-30-25(32(21)26)35-16-22(33)28-23(19-7-5-4-6-8-19)24-27-13-14-31(24)3/h4-14,17,23H,15-16,26H2,1-3H3,(H,28,33)/t23-/m1/s1. The SMILES string of the molecule is CC(C)c1ccc(OCc2nnc(SCC(=O)N[C@H](c3ccccc3)c3nccn3C)n2N)cc1. The molecule has 0 aliphatic carbocycles. The summed E-state index contributed by atoms with van der Waals surface area (Å²) in [5.41, 5.74) is 2.19. The number of aryl methyl sites for hydroxylation is 1. The molecule has 0 saturated heterocycles. The molecule has 0 bridgehead atoms. The van der Waals surface area contributed by atoms with E-state index in [-0.39, 0.29) is 24.3 Å². The van der Waals surface area contributed by atoms with E-state index in [0.717, 1.165) is 17.1 Å². The lowest BCUT2D eigenvalue weighted by atomic mass is 10.0. The second-order valence-corrected chi connectivity index (χ2v) is 9.32. The van der Waals surface area contributed by atoms with Crippen molar-refractivity contribution >= 4 is 17.7 Å². The molecule has 2 heterocycles. The van der Waals surface area contributed by atoms with Crippen molar-refractivity contribution in [2.75, 3.05) is 11.6 Å². The molecular formula is C25H29N7O2S. The Bertz CT molecular complexity index is 1250. The number of carbonyl (C=O) groups is 1. The van der Waals surface area contributed by atoms with Crippen LogP contribution in [0, 0.1) is 0 Å². The average Bonchev–Trinajstić information content (AvgIpc) is 3.45. The van der Waals surface area contributed by atoms with Crippen LogP contribution in [0.1, 0.15) is 48.6 Å². The Balaban J connectivity index is 1.35. The zero-order valence-electron chi connectivity index (χ0n) is 20.0. The molecule has 2 aromatic carbocycles. The maximum absolute atomic E-state index is 12.8. The molecule has 4 rings (SSSR count). The fraction of sp³-hybridized carbons (Fsp3) is 0.280. The van der Waals surface area contributed by atoms with Crippen LogP contribution in [0.2, 0.25) is 0 Å². The molecule has 0 fully saturated rings. The molecular weight excluding hydrogens is 462 g/mol. The number of amides is 1. The number of benzene rings is 2. The predicted octanol–water partition coefficient (Wildman–Crippen LogP) is 3.43. The van der Waals surface area contributed by atoms with Crippen LogP contribution in [0.15, 0.2) is 72.1 Å². The number of imidazole rings is 1. The average molecular weight is 492 g/mol. The lowest BCUT2D eigenvalue weighted by molar-refractivity contribution is -0.119. The molecule has 0 saturated carbocycles. The zero-order valence-corrected chi connectivity index (χ0v) is 20.8. The Kier molecular flexibility index (Phi) is 7.71. The van der Waals surface area contributed by atoms with Crippen molar-refractivity contribution < 1.29 is 9.53 Å². The normalized spacial score (nSPS) is 12.0. The minimum atomic E-state index is -0.369. The molecule has 3 N–H and O–H groups in total. The number of hydrogen-bond donors (Lipinski definition) is 2. The van der Waals surface area contributed by atoms with Gasteiger partial charge in [-0.3, -0.25) is 4.79 Å². The molecule has 1 atom stereocenters. The van der Waals surface area contributed by atoms with Crippen molar-refractivity contribution in [3.05, 3.63) is 89.8 Å². The van der Waals surface area contributed by atoms with Crippen molar-refractivity contribution in [1.82, 2.24) is 29.7 Å². The van der Waals surface area contributed by atoms with Gasteiger partial charge in [-0.05, 0) is 29.2 Å². The van der Waals surface area contributed by atoms with Crippen molar-refractivity contribution in [1.29, 1.82) is 0 Å². The van der Waals surface area contributed by atoms with Gasteiger partial charge in [0.2, 0.25) is 11.1 Å². The number of nitrogen functional groups attached to an aromatic ring is 1. The second-order valence-electron chi connectivity index (χ2n) is 8.38. The largest absolute Gasteiger partial charge is 0.486 e. The number of thioether (sulfide) groups is 1. The second kappa shape index (κ2) is 11.1. The fourth-order valence-electron chi connectivity index (χ4n) is 3.53. The van der Waals surface area contributed by atoms with Gasteiger partial charge in [-0.25, -0.2) is 9.66 Å². The molecule has 1 amide bonds. The van der Waals surface area contributed by atoms with Gasteiger partial charge in [-0.1, -0.05) is 68.1 Å². The summed E-state index contributed by atoms with van der Waals surface area (Å²) in [6, 6.07) is 17.3. The number of ether oxygens (including phenoxy) is 1. The number of nitrogens with one attached hydrogen (secondary N) is 1. The molecule has 0 unspecified atom stereocenters. The highest BCUT2D eigenvalue weighted by Gasteiger charge is 2.21. The predicted molar refractivity (Wildman–Crippen MR) is 135 cm³/mol. The van der Waals surface area contributed by atoms with Gasteiger partial charge in [0.05, 0.1) is 5.75 Å². The molecule has 2 aromatic heterocycles. The van der Waals surface area contributed by atoms with Crippen LogP contribution >= 0.6 is 11.8 Å². The van der Waals surface area contributed by atoms with E-state index in [1.165, 1.54) is 22.0 Å². The van der Waals surface area contributed by atoms with Gasteiger partial charge in [0.1, 0.15) is 24.2 Å². The number of rotatable bonds is 10. The van der Waals surface area contributed by atoms with E-state index >= 15 is 0 Å². The Morgan fingerprint density at radius 3 is 2.49 bits per heavy atom. The molecule has 182 valence electrons. The van der Waals surface area contributed by atoms with E-state index < -0.39 is 0 Å². The van der Waals surface area contributed by atoms with E-state index in [0.29, 0.717) is 16.9 Å². The van der Waals surface area contributed by atoms with Gasteiger partial charge in [-0.2, -0.15) is 0 Å². The molecule has 0 radical (unpaired) electrons. The van der Waals surface area contributed by atoms with Gasteiger partial charge >= 0.3 is 0 Å². The Morgan fingerprint density at radius 2 is 1.83 bits per heavy atom. The molecule has 0 spiro atoms. The summed E-state index contributed by atoms with van der Waals surface area (Å²) in [6.07, 6.45) is 3.57. The van der Waals surface area contributed by atoms with Crippen LogP contribution in [0.25, 0.3) is 0 Å². The van der Waals surface area contributed by atoms with Gasteiger partial charge < -0.3 is 20.5 Å². The first-order valence-electron chi connectivity index (χ1n) is 11.3. The number of nitrogens with two attached hydrogens (primary N) is 1. The molecule has 0 aliphatic heterocycles. The van der Waals surface area contributed by atoms with Crippen LogP contribution in [-0.4, -0.2) is 36.1 Å². The van der Waals surface area contributed by atoms with Crippen LogP contribution in [0.3, 0.4) is 0 Å². The highest BCUT2D eigenvalue weighted by molar-refractivity contribution is 7.99. The van der Waals surface area contributed by atoms with Gasteiger partial charge in [0.25, 0.3) is 0 Å².